The van der Waals surface area contributed by atoms with Crippen molar-refractivity contribution in [2.45, 2.75) is 63.3 Å². The van der Waals surface area contributed by atoms with Gasteiger partial charge in [-0.15, -0.1) is 0 Å². The van der Waals surface area contributed by atoms with Crippen LogP contribution in [0.2, 0.25) is 0 Å². The lowest BCUT2D eigenvalue weighted by atomic mass is 9.55. The van der Waals surface area contributed by atoms with Crippen molar-refractivity contribution in [3.05, 3.63) is 47.5 Å². The first kappa shape index (κ1) is 13.6. The largest absolute Gasteiger partial charge is 0.313 e. The normalized spacial score (nSPS) is 32.4. The third-order valence-electron chi connectivity index (χ3n) is 5.82. The molecule has 4 rings (SSSR count). The Morgan fingerprint density at radius 3 is 2.52 bits per heavy atom. The van der Waals surface area contributed by atoms with Gasteiger partial charge >= 0.3 is 0 Å². The molecule has 0 radical (unpaired) electrons. The van der Waals surface area contributed by atoms with Gasteiger partial charge in [0.2, 0.25) is 0 Å². The van der Waals surface area contributed by atoms with Crippen molar-refractivity contribution in [1.29, 1.82) is 0 Å². The number of allylic oxidation sites excluding steroid dienone is 1. The molecule has 0 heterocycles. The Labute approximate surface area is 128 Å². The van der Waals surface area contributed by atoms with Crippen LogP contribution >= 0.6 is 0 Å². The molecule has 0 aromatic heterocycles. The molecule has 0 unspecified atom stereocenters. The number of benzene rings is 1. The van der Waals surface area contributed by atoms with E-state index in [0.29, 0.717) is 5.41 Å². The van der Waals surface area contributed by atoms with Crippen molar-refractivity contribution in [2.75, 3.05) is 6.54 Å². The molecule has 2 saturated carbocycles. The average molecular weight is 281 g/mol. The minimum Gasteiger partial charge on any atom is -0.313 e. The molecule has 3 aliphatic rings. The van der Waals surface area contributed by atoms with Gasteiger partial charge in [-0.25, -0.2) is 0 Å². The van der Waals surface area contributed by atoms with E-state index < -0.39 is 0 Å². The average Bonchev–Trinajstić information content (AvgIpc) is 3.33. The summed E-state index contributed by atoms with van der Waals surface area (Å²) in [7, 11) is 0. The number of rotatable bonds is 5. The molecule has 3 aliphatic carbocycles. The predicted octanol–water partition coefficient (Wildman–Crippen LogP) is 4.80. The van der Waals surface area contributed by atoms with Gasteiger partial charge < -0.3 is 5.32 Å². The lowest BCUT2D eigenvalue weighted by Gasteiger charge is -2.51. The van der Waals surface area contributed by atoms with Gasteiger partial charge in [-0.3, -0.25) is 0 Å². The smallest absolute Gasteiger partial charge is 0.00685 e. The predicted molar refractivity (Wildman–Crippen MR) is 88.4 cm³/mol. The first-order chi connectivity index (χ1) is 10.4. The van der Waals surface area contributed by atoms with Crippen molar-refractivity contribution >= 4 is 0 Å². The van der Waals surface area contributed by atoms with Crippen LogP contribution in [0.1, 0.15) is 62.8 Å². The Morgan fingerprint density at radius 1 is 1.05 bits per heavy atom. The summed E-state index contributed by atoms with van der Waals surface area (Å²) in [5.41, 5.74) is 3.83. The minimum atomic E-state index is 0.490. The van der Waals surface area contributed by atoms with Crippen LogP contribution in [-0.2, 0) is 0 Å². The second kappa shape index (κ2) is 5.61. The summed E-state index contributed by atoms with van der Waals surface area (Å²) in [4.78, 5) is 0. The molecule has 112 valence electrons. The van der Waals surface area contributed by atoms with Crippen molar-refractivity contribution in [2.24, 2.45) is 5.41 Å². The maximum atomic E-state index is 3.83. The Hall–Kier alpha value is -1.08. The maximum Gasteiger partial charge on any atom is 0.00685 e. The first-order valence-electron chi connectivity index (χ1n) is 8.84. The molecule has 0 saturated heterocycles. The van der Waals surface area contributed by atoms with Gasteiger partial charge in [-0.2, -0.15) is 0 Å². The highest BCUT2D eigenvalue weighted by Crippen LogP contribution is 2.56. The Bertz CT molecular complexity index is 506. The highest BCUT2D eigenvalue weighted by molar-refractivity contribution is 5.31. The molecule has 1 heteroatoms. The topological polar surface area (TPSA) is 12.0 Å². The van der Waals surface area contributed by atoms with E-state index in [1.165, 1.54) is 57.9 Å². The van der Waals surface area contributed by atoms with E-state index >= 15 is 0 Å². The fraction of sp³-hybridized carbons (Fsp3) is 0.600. The maximum absolute atomic E-state index is 3.83. The Morgan fingerprint density at radius 2 is 1.86 bits per heavy atom. The standard InChI is InChI=1S/C20H27N/c1-3-7-16(8-4-1)17-13-20(14-17,15-21-19-11-12-19)18-9-5-2-6-10-18/h1,3-4,7-9,17,19,21H,2,5-6,10-15H2. The van der Waals surface area contributed by atoms with Gasteiger partial charge in [0.1, 0.15) is 0 Å². The summed E-state index contributed by atoms with van der Waals surface area (Å²) < 4.78 is 0. The molecule has 1 aromatic rings. The minimum absolute atomic E-state index is 0.490. The van der Waals surface area contributed by atoms with Crippen LogP contribution in [0.3, 0.4) is 0 Å². The third-order valence-corrected chi connectivity index (χ3v) is 5.82. The molecule has 0 atom stereocenters. The van der Waals surface area contributed by atoms with Crippen LogP contribution in [0, 0.1) is 5.41 Å². The van der Waals surface area contributed by atoms with Gasteiger partial charge in [0.05, 0.1) is 0 Å². The fourth-order valence-corrected chi connectivity index (χ4v) is 4.31. The second-order valence-corrected chi connectivity index (χ2v) is 7.43. The van der Waals surface area contributed by atoms with Crippen molar-refractivity contribution in [3.63, 3.8) is 0 Å². The van der Waals surface area contributed by atoms with Crippen LogP contribution in [0.5, 0.6) is 0 Å². The summed E-state index contributed by atoms with van der Waals surface area (Å²) in [5.74, 6) is 0.787. The number of hydrogen-bond donors (Lipinski definition) is 1. The van der Waals surface area contributed by atoms with E-state index in [4.69, 9.17) is 0 Å². The van der Waals surface area contributed by atoms with Crippen molar-refractivity contribution < 1.29 is 0 Å². The van der Waals surface area contributed by atoms with Crippen molar-refractivity contribution in [1.82, 2.24) is 5.32 Å². The number of nitrogens with one attached hydrogen (secondary N) is 1. The second-order valence-electron chi connectivity index (χ2n) is 7.43. The molecule has 0 bridgehead atoms. The van der Waals surface area contributed by atoms with E-state index in [0.717, 1.165) is 12.0 Å². The quantitative estimate of drug-likeness (QED) is 0.764. The zero-order chi connectivity index (χ0) is 14.1. The number of hydrogen-bond acceptors (Lipinski definition) is 1. The highest BCUT2D eigenvalue weighted by atomic mass is 15.0. The van der Waals surface area contributed by atoms with E-state index in [-0.39, 0.29) is 0 Å². The highest BCUT2D eigenvalue weighted by Gasteiger charge is 2.47. The summed E-state index contributed by atoms with van der Waals surface area (Å²) >= 11 is 0. The molecule has 0 aliphatic heterocycles. The van der Waals surface area contributed by atoms with Crippen LogP contribution < -0.4 is 5.32 Å². The van der Waals surface area contributed by atoms with Crippen molar-refractivity contribution in [3.8, 4) is 0 Å². The van der Waals surface area contributed by atoms with E-state index in [2.05, 4.69) is 41.7 Å². The lowest BCUT2D eigenvalue weighted by Crippen LogP contribution is -2.46. The fourth-order valence-electron chi connectivity index (χ4n) is 4.31. The Kier molecular flexibility index (Phi) is 3.62. The van der Waals surface area contributed by atoms with Gasteiger partial charge in [0.25, 0.3) is 0 Å². The molecule has 2 fully saturated rings. The van der Waals surface area contributed by atoms with E-state index in [9.17, 15) is 0 Å². The van der Waals surface area contributed by atoms with Gasteiger partial charge in [-0.1, -0.05) is 42.0 Å². The van der Waals surface area contributed by atoms with Crippen LogP contribution in [0.4, 0.5) is 0 Å². The van der Waals surface area contributed by atoms with Gasteiger partial charge in [0, 0.05) is 18.0 Å². The van der Waals surface area contributed by atoms with E-state index in [1.807, 2.05) is 0 Å². The van der Waals surface area contributed by atoms with Crippen LogP contribution in [0.25, 0.3) is 0 Å². The first-order valence-corrected chi connectivity index (χ1v) is 8.84. The summed E-state index contributed by atoms with van der Waals surface area (Å²) in [6.45, 7) is 1.23. The lowest BCUT2D eigenvalue weighted by molar-refractivity contribution is 0.136. The molecular weight excluding hydrogens is 254 g/mol. The molecule has 0 amide bonds. The van der Waals surface area contributed by atoms with E-state index in [1.54, 1.807) is 11.1 Å². The molecule has 1 nitrogen and oxygen atoms in total. The molecular formula is C20H27N. The molecule has 21 heavy (non-hydrogen) atoms. The zero-order valence-electron chi connectivity index (χ0n) is 13.0. The molecule has 1 aromatic carbocycles. The van der Waals surface area contributed by atoms with Gasteiger partial charge in [-0.05, 0) is 62.8 Å². The SMILES string of the molecule is C1=C(C2(CNC3CC3)CC(c3ccccc3)C2)CCCC1. The summed E-state index contributed by atoms with van der Waals surface area (Å²) in [5, 5.41) is 3.83. The molecule has 1 N–H and O–H groups in total. The Balaban J connectivity index is 1.48. The summed E-state index contributed by atoms with van der Waals surface area (Å²) in [6.07, 6.45) is 13.6. The van der Waals surface area contributed by atoms with Crippen LogP contribution in [0.15, 0.2) is 42.0 Å². The zero-order valence-corrected chi connectivity index (χ0v) is 13.0. The van der Waals surface area contributed by atoms with Crippen LogP contribution in [-0.4, -0.2) is 12.6 Å². The molecule has 0 spiro atoms. The summed E-state index contributed by atoms with van der Waals surface area (Å²) in [6, 6.07) is 12.0. The monoisotopic (exact) mass is 281 g/mol. The third kappa shape index (κ3) is 2.81. The van der Waals surface area contributed by atoms with Gasteiger partial charge in [0.15, 0.2) is 0 Å².